The van der Waals surface area contributed by atoms with E-state index in [9.17, 15) is 13.2 Å². The Labute approximate surface area is 186 Å². The maximum absolute atomic E-state index is 13.0. The molecule has 2 aromatic carbocycles. The molecule has 7 nitrogen and oxygen atoms in total. The number of fused-ring (bicyclic) bond motifs is 1. The summed E-state index contributed by atoms with van der Waals surface area (Å²) in [6, 6.07) is 12.0. The van der Waals surface area contributed by atoms with Gasteiger partial charge in [0.1, 0.15) is 0 Å². The van der Waals surface area contributed by atoms with Gasteiger partial charge in [0.2, 0.25) is 15.2 Å². The third-order valence-electron chi connectivity index (χ3n) is 5.49. The summed E-state index contributed by atoms with van der Waals surface area (Å²) in [5.74, 6) is 0.307. The molecule has 4 rings (SSSR count). The van der Waals surface area contributed by atoms with E-state index in [1.807, 2.05) is 25.1 Å². The summed E-state index contributed by atoms with van der Waals surface area (Å²) in [4.78, 5) is 17.2. The van der Waals surface area contributed by atoms with Crippen LogP contribution in [0.5, 0.6) is 0 Å². The van der Waals surface area contributed by atoms with Gasteiger partial charge in [-0.2, -0.15) is 4.31 Å². The molecule has 31 heavy (non-hydrogen) atoms. The van der Waals surface area contributed by atoms with Gasteiger partial charge in [0, 0.05) is 18.7 Å². The minimum Gasteiger partial charge on any atom is -0.273 e. The van der Waals surface area contributed by atoms with E-state index in [-0.39, 0.29) is 10.8 Å². The zero-order chi connectivity index (χ0) is 22.2. The Balaban J connectivity index is 1.43. The first-order chi connectivity index (χ1) is 14.7. The van der Waals surface area contributed by atoms with Crippen LogP contribution in [0.25, 0.3) is 10.2 Å². The van der Waals surface area contributed by atoms with E-state index in [4.69, 9.17) is 0 Å². The van der Waals surface area contributed by atoms with Crippen LogP contribution in [0, 0.1) is 18.8 Å². The lowest BCUT2D eigenvalue weighted by atomic mass is 9.94. The summed E-state index contributed by atoms with van der Waals surface area (Å²) < 4.78 is 28.6. The third kappa shape index (κ3) is 4.58. The number of nitrogens with one attached hydrogen (secondary N) is 2. The zero-order valence-electron chi connectivity index (χ0n) is 17.8. The molecule has 0 aliphatic carbocycles. The zero-order valence-corrected chi connectivity index (χ0v) is 19.4. The topological polar surface area (TPSA) is 91.4 Å². The quantitative estimate of drug-likeness (QED) is 0.564. The van der Waals surface area contributed by atoms with Gasteiger partial charge in [-0.25, -0.2) is 13.4 Å². The predicted molar refractivity (Wildman–Crippen MR) is 124 cm³/mol. The van der Waals surface area contributed by atoms with Crippen molar-refractivity contribution >= 4 is 42.6 Å². The van der Waals surface area contributed by atoms with Gasteiger partial charge in [-0.1, -0.05) is 37.3 Å². The largest absolute Gasteiger partial charge is 0.273 e. The summed E-state index contributed by atoms with van der Waals surface area (Å²) in [6.45, 7) is 7.20. The third-order valence-corrected chi connectivity index (χ3v) is 8.28. The van der Waals surface area contributed by atoms with Crippen LogP contribution in [-0.4, -0.2) is 36.7 Å². The highest BCUT2D eigenvalue weighted by Gasteiger charge is 2.31. The molecule has 1 aromatic heterocycles. The van der Waals surface area contributed by atoms with Gasteiger partial charge < -0.3 is 0 Å². The first-order valence-electron chi connectivity index (χ1n) is 10.3. The molecule has 0 radical (unpaired) electrons. The monoisotopic (exact) mass is 458 g/mol. The number of thiazole rings is 1. The fraction of sp³-hybridized carbons (Fsp3) is 0.364. The molecule has 0 spiro atoms. The van der Waals surface area contributed by atoms with Crippen molar-refractivity contribution in [3.8, 4) is 0 Å². The standard InChI is InChI=1S/C22H26N4O3S2/c1-14-11-15(2)13-26(12-14)31(28,29)18-9-7-17(8-10-18)21(27)24-25-22-23-20-16(3)5-4-6-19(20)30-22/h4-10,14-15H,11-13H2,1-3H3,(H,23,25)(H,24,27)/t14-,15+. The van der Waals surface area contributed by atoms with Crippen LogP contribution in [0.1, 0.15) is 36.2 Å². The van der Waals surface area contributed by atoms with Gasteiger partial charge in [-0.15, -0.1) is 0 Å². The number of sulfonamides is 1. The van der Waals surface area contributed by atoms with Crippen LogP contribution in [0.3, 0.4) is 0 Å². The number of aryl methyl sites for hydroxylation is 1. The summed E-state index contributed by atoms with van der Waals surface area (Å²) >= 11 is 1.45. The summed E-state index contributed by atoms with van der Waals surface area (Å²) in [5, 5.41) is 0.588. The molecule has 3 aromatic rings. The number of carbonyl (C=O) groups excluding carboxylic acids is 1. The lowest BCUT2D eigenvalue weighted by Gasteiger charge is -2.34. The number of para-hydroxylation sites is 1. The predicted octanol–water partition coefficient (Wildman–Crippen LogP) is 4.03. The van der Waals surface area contributed by atoms with Gasteiger partial charge in [-0.3, -0.25) is 15.6 Å². The highest BCUT2D eigenvalue weighted by molar-refractivity contribution is 7.89. The van der Waals surface area contributed by atoms with E-state index < -0.39 is 10.0 Å². The molecule has 0 unspecified atom stereocenters. The second-order valence-corrected chi connectivity index (χ2v) is 11.3. The molecule has 2 heterocycles. The molecular weight excluding hydrogens is 432 g/mol. The van der Waals surface area contributed by atoms with Crippen LogP contribution in [-0.2, 0) is 10.0 Å². The molecule has 164 valence electrons. The van der Waals surface area contributed by atoms with Gasteiger partial charge in [0.15, 0.2) is 0 Å². The second-order valence-electron chi connectivity index (χ2n) is 8.31. The van der Waals surface area contributed by atoms with E-state index in [1.54, 1.807) is 4.31 Å². The molecule has 2 N–H and O–H groups in total. The molecule has 1 aliphatic rings. The van der Waals surface area contributed by atoms with Crippen molar-refractivity contribution in [3.63, 3.8) is 0 Å². The Morgan fingerprint density at radius 3 is 2.42 bits per heavy atom. The average molecular weight is 459 g/mol. The Morgan fingerprint density at radius 2 is 1.77 bits per heavy atom. The normalized spacial score (nSPS) is 20.0. The van der Waals surface area contributed by atoms with Crippen molar-refractivity contribution in [1.29, 1.82) is 0 Å². The van der Waals surface area contributed by atoms with Crippen molar-refractivity contribution in [2.24, 2.45) is 11.8 Å². The number of carbonyl (C=O) groups is 1. The van der Waals surface area contributed by atoms with E-state index >= 15 is 0 Å². The summed E-state index contributed by atoms with van der Waals surface area (Å²) in [7, 11) is -3.57. The Bertz CT molecular complexity index is 1200. The highest BCUT2D eigenvalue weighted by Crippen LogP contribution is 2.28. The van der Waals surface area contributed by atoms with E-state index in [0.29, 0.717) is 35.6 Å². The molecule has 1 fully saturated rings. The minimum atomic E-state index is -3.57. The lowest BCUT2D eigenvalue weighted by molar-refractivity contribution is 0.0962. The van der Waals surface area contributed by atoms with Gasteiger partial charge in [0.05, 0.1) is 15.1 Å². The maximum Gasteiger partial charge on any atom is 0.269 e. The number of anilines is 1. The number of nitrogens with zero attached hydrogens (tertiary/aromatic N) is 2. The van der Waals surface area contributed by atoms with E-state index in [1.165, 1.54) is 35.6 Å². The summed E-state index contributed by atoms with van der Waals surface area (Å²) in [6.07, 6.45) is 1.03. The first kappa shape index (κ1) is 21.7. The molecule has 0 saturated carbocycles. The average Bonchev–Trinajstić information content (AvgIpc) is 3.16. The van der Waals surface area contributed by atoms with Gasteiger partial charge in [0.25, 0.3) is 5.91 Å². The summed E-state index contributed by atoms with van der Waals surface area (Å²) in [5.41, 5.74) is 7.81. The second kappa shape index (κ2) is 8.57. The lowest BCUT2D eigenvalue weighted by Crippen LogP contribution is -2.42. The molecular formula is C22H26N4O3S2. The van der Waals surface area contributed by atoms with Crippen LogP contribution >= 0.6 is 11.3 Å². The Kier molecular flexibility index (Phi) is 6.00. The van der Waals surface area contributed by atoms with Crippen LogP contribution in [0.4, 0.5) is 5.13 Å². The number of amides is 1. The Morgan fingerprint density at radius 1 is 1.10 bits per heavy atom. The molecule has 1 saturated heterocycles. The van der Waals surface area contributed by atoms with Crippen molar-refractivity contribution < 1.29 is 13.2 Å². The molecule has 9 heteroatoms. The molecule has 0 bridgehead atoms. The van der Waals surface area contributed by atoms with Crippen LogP contribution in [0.15, 0.2) is 47.4 Å². The number of rotatable bonds is 5. The molecule has 1 aliphatic heterocycles. The fourth-order valence-electron chi connectivity index (χ4n) is 4.05. The SMILES string of the molecule is Cc1cccc2sc(NNC(=O)c3ccc(S(=O)(=O)N4C[C@H](C)C[C@H](C)C4)cc3)nc12. The number of hydrogen-bond donors (Lipinski definition) is 2. The van der Waals surface area contributed by atoms with E-state index in [0.717, 1.165) is 22.2 Å². The molecule has 1 amide bonds. The Hall–Kier alpha value is -2.49. The van der Waals surface area contributed by atoms with E-state index in [2.05, 4.69) is 29.7 Å². The maximum atomic E-state index is 13.0. The van der Waals surface area contributed by atoms with Crippen molar-refractivity contribution in [3.05, 3.63) is 53.6 Å². The van der Waals surface area contributed by atoms with Crippen molar-refractivity contribution in [1.82, 2.24) is 14.7 Å². The number of hydrazine groups is 1. The van der Waals surface area contributed by atoms with Crippen LogP contribution < -0.4 is 10.9 Å². The number of piperidine rings is 1. The van der Waals surface area contributed by atoms with Crippen molar-refractivity contribution in [2.45, 2.75) is 32.1 Å². The minimum absolute atomic E-state index is 0.208. The van der Waals surface area contributed by atoms with Crippen molar-refractivity contribution in [2.75, 3.05) is 18.5 Å². The van der Waals surface area contributed by atoms with Gasteiger partial charge >= 0.3 is 0 Å². The smallest absolute Gasteiger partial charge is 0.269 e. The van der Waals surface area contributed by atoms with Crippen LogP contribution in [0.2, 0.25) is 0 Å². The highest BCUT2D eigenvalue weighted by atomic mass is 32.2. The fourth-order valence-corrected chi connectivity index (χ4v) is 6.63. The number of benzene rings is 2. The number of aromatic nitrogens is 1. The number of hydrogen-bond acceptors (Lipinski definition) is 6. The first-order valence-corrected chi connectivity index (χ1v) is 12.5. The van der Waals surface area contributed by atoms with Gasteiger partial charge in [-0.05, 0) is 61.1 Å². The molecule has 2 atom stereocenters.